The number of anilines is 1. The largest absolute Gasteiger partial charge is 0.497 e. The molecule has 0 aliphatic carbocycles. The van der Waals surface area contributed by atoms with Crippen molar-refractivity contribution >= 4 is 11.7 Å². The van der Waals surface area contributed by atoms with Crippen molar-refractivity contribution in [1.29, 1.82) is 0 Å². The molecule has 1 aromatic heterocycles. The van der Waals surface area contributed by atoms with Crippen LogP contribution in [0.15, 0.2) is 30.3 Å². The third kappa shape index (κ3) is 4.00. The van der Waals surface area contributed by atoms with E-state index in [1.54, 1.807) is 18.8 Å². The van der Waals surface area contributed by atoms with Gasteiger partial charge in [0.2, 0.25) is 5.91 Å². The summed E-state index contributed by atoms with van der Waals surface area (Å²) in [6.07, 6.45) is 0.161. The van der Waals surface area contributed by atoms with Crippen LogP contribution in [-0.4, -0.2) is 52.0 Å². The van der Waals surface area contributed by atoms with Gasteiger partial charge in [-0.1, -0.05) is 12.1 Å². The normalized spacial score (nSPS) is 20.6. The van der Waals surface area contributed by atoms with Gasteiger partial charge in [-0.25, -0.2) is 0 Å². The third-order valence-corrected chi connectivity index (χ3v) is 4.48. The number of hydrogen-bond acceptors (Lipinski definition) is 5. The zero-order chi connectivity index (χ0) is 18.0. The molecule has 2 atom stereocenters. The van der Waals surface area contributed by atoms with Crippen LogP contribution >= 0.6 is 0 Å². The summed E-state index contributed by atoms with van der Waals surface area (Å²) >= 11 is 0. The number of aliphatic hydroxyl groups is 1. The predicted molar refractivity (Wildman–Crippen MR) is 94.5 cm³/mol. The fourth-order valence-corrected chi connectivity index (χ4v) is 3.34. The number of aryl methyl sites for hydroxylation is 2. The van der Waals surface area contributed by atoms with Gasteiger partial charge in [0.1, 0.15) is 11.6 Å². The Kier molecular flexibility index (Phi) is 5.06. The summed E-state index contributed by atoms with van der Waals surface area (Å²) in [5.41, 5.74) is 1.89. The van der Waals surface area contributed by atoms with Gasteiger partial charge in [-0.2, -0.15) is 5.10 Å². The molecule has 134 valence electrons. The van der Waals surface area contributed by atoms with Crippen molar-refractivity contribution < 1.29 is 14.6 Å². The van der Waals surface area contributed by atoms with Crippen LogP contribution in [0.4, 0.5) is 5.82 Å². The van der Waals surface area contributed by atoms with Crippen LogP contribution in [0.5, 0.6) is 5.75 Å². The highest BCUT2D eigenvalue weighted by atomic mass is 16.5. The number of β-amino-alcohol motifs (C(OH)–C–C–N with tert-alkyl or cyclic N) is 1. The standard InChI is InChI=1S/C18H24N4O3/c1-12-7-17(21(2)20-12)19-18(24)11-22-10-14(23)9-16(22)13-5-4-6-15(8-13)25-3/h4-8,14,16,23H,9-11H2,1-3H3,(H,19,24)/t14-,16-/m1/s1. The number of rotatable bonds is 5. The average Bonchev–Trinajstić information content (AvgIpc) is 3.09. The van der Waals surface area contributed by atoms with E-state index in [9.17, 15) is 9.90 Å². The maximum atomic E-state index is 12.4. The molecule has 1 aliphatic rings. The van der Waals surface area contributed by atoms with E-state index in [0.29, 0.717) is 18.8 Å². The van der Waals surface area contributed by atoms with Crippen molar-refractivity contribution in [1.82, 2.24) is 14.7 Å². The molecule has 1 fully saturated rings. The number of aromatic nitrogens is 2. The van der Waals surface area contributed by atoms with Crippen molar-refractivity contribution in [2.75, 3.05) is 25.5 Å². The number of carbonyl (C=O) groups is 1. The number of aliphatic hydroxyl groups excluding tert-OH is 1. The monoisotopic (exact) mass is 344 g/mol. The second-order valence-electron chi connectivity index (χ2n) is 6.45. The van der Waals surface area contributed by atoms with E-state index in [0.717, 1.165) is 17.0 Å². The summed E-state index contributed by atoms with van der Waals surface area (Å²) in [5, 5.41) is 17.2. The molecule has 1 saturated heterocycles. The molecule has 1 amide bonds. The number of benzene rings is 1. The number of ether oxygens (including phenoxy) is 1. The molecule has 1 aliphatic heterocycles. The number of likely N-dealkylation sites (tertiary alicyclic amines) is 1. The highest BCUT2D eigenvalue weighted by Gasteiger charge is 2.33. The molecular weight excluding hydrogens is 320 g/mol. The lowest BCUT2D eigenvalue weighted by Gasteiger charge is -2.24. The first-order valence-corrected chi connectivity index (χ1v) is 8.33. The predicted octanol–water partition coefficient (Wildman–Crippen LogP) is 1.48. The summed E-state index contributed by atoms with van der Waals surface area (Å²) in [6, 6.07) is 9.59. The zero-order valence-corrected chi connectivity index (χ0v) is 14.8. The van der Waals surface area contributed by atoms with Crippen LogP contribution < -0.4 is 10.1 Å². The van der Waals surface area contributed by atoms with Crippen molar-refractivity contribution in [2.45, 2.75) is 25.5 Å². The van der Waals surface area contributed by atoms with Gasteiger partial charge in [-0.3, -0.25) is 14.4 Å². The third-order valence-electron chi connectivity index (χ3n) is 4.48. The van der Waals surface area contributed by atoms with E-state index in [1.165, 1.54) is 0 Å². The molecule has 0 bridgehead atoms. The minimum atomic E-state index is -0.442. The highest BCUT2D eigenvalue weighted by molar-refractivity contribution is 5.91. The Morgan fingerprint density at radius 1 is 1.44 bits per heavy atom. The van der Waals surface area contributed by atoms with E-state index < -0.39 is 6.10 Å². The second kappa shape index (κ2) is 7.25. The van der Waals surface area contributed by atoms with E-state index in [1.807, 2.05) is 42.2 Å². The number of hydrogen-bond donors (Lipinski definition) is 2. The zero-order valence-electron chi connectivity index (χ0n) is 14.8. The first-order valence-electron chi connectivity index (χ1n) is 8.33. The SMILES string of the molecule is COc1cccc([C@H]2C[C@@H](O)CN2CC(=O)Nc2cc(C)nn2C)c1. The number of amides is 1. The molecule has 0 saturated carbocycles. The molecule has 2 N–H and O–H groups in total. The van der Waals surface area contributed by atoms with Gasteiger partial charge < -0.3 is 15.2 Å². The van der Waals surface area contributed by atoms with Crippen molar-refractivity contribution in [2.24, 2.45) is 7.05 Å². The van der Waals surface area contributed by atoms with Gasteiger partial charge >= 0.3 is 0 Å². The van der Waals surface area contributed by atoms with E-state index >= 15 is 0 Å². The topological polar surface area (TPSA) is 79.6 Å². The molecule has 7 heteroatoms. The average molecular weight is 344 g/mol. The summed E-state index contributed by atoms with van der Waals surface area (Å²) < 4.78 is 6.93. The molecule has 0 unspecified atom stereocenters. The molecule has 1 aromatic carbocycles. The molecule has 3 rings (SSSR count). The van der Waals surface area contributed by atoms with Crippen LogP contribution in [0.3, 0.4) is 0 Å². The van der Waals surface area contributed by atoms with Gasteiger partial charge in [0.25, 0.3) is 0 Å². The van der Waals surface area contributed by atoms with Gasteiger partial charge in [0, 0.05) is 25.7 Å². The fourth-order valence-electron chi connectivity index (χ4n) is 3.34. The Hall–Kier alpha value is -2.38. The quantitative estimate of drug-likeness (QED) is 0.859. The Morgan fingerprint density at radius 3 is 2.92 bits per heavy atom. The summed E-state index contributed by atoms with van der Waals surface area (Å²) in [5.74, 6) is 1.32. The first kappa shape index (κ1) is 17.4. The minimum Gasteiger partial charge on any atom is -0.497 e. The van der Waals surface area contributed by atoms with E-state index in [-0.39, 0.29) is 18.5 Å². The fraction of sp³-hybridized carbons (Fsp3) is 0.444. The molecule has 0 spiro atoms. The Labute approximate surface area is 147 Å². The van der Waals surface area contributed by atoms with Gasteiger partial charge in [-0.15, -0.1) is 0 Å². The number of nitrogens with zero attached hydrogens (tertiary/aromatic N) is 3. The summed E-state index contributed by atoms with van der Waals surface area (Å²) in [6.45, 7) is 2.56. The smallest absolute Gasteiger partial charge is 0.239 e. The van der Waals surface area contributed by atoms with Crippen LogP contribution in [0.2, 0.25) is 0 Å². The number of methoxy groups -OCH3 is 1. The lowest BCUT2D eigenvalue weighted by molar-refractivity contribution is -0.117. The lowest BCUT2D eigenvalue weighted by Crippen LogP contribution is -2.34. The van der Waals surface area contributed by atoms with Crippen molar-refractivity contribution in [3.63, 3.8) is 0 Å². The Balaban J connectivity index is 1.71. The minimum absolute atomic E-state index is 0.0101. The Bertz CT molecular complexity index is 759. The first-order chi connectivity index (χ1) is 12.0. The molecule has 0 radical (unpaired) electrons. The number of carbonyl (C=O) groups excluding carboxylic acids is 1. The molecular formula is C18H24N4O3. The summed E-state index contributed by atoms with van der Waals surface area (Å²) in [4.78, 5) is 14.4. The van der Waals surface area contributed by atoms with Crippen molar-refractivity contribution in [3.05, 3.63) is 41.6 Å². The highest BCUT2D eigenvalue weighted by Crippen LogP contribution is 2.33. The van der Waals surface area contributed by atoms with Crippen LogP contribution in [0.1, 0.15) is 23.7 Å². The van der Waals surface area contributed by atoms with Gasteiger partial charge in [0.15, 0.2) is 0 Å². The van der Waals surface area contributed by atoms with Crippen LogP contribution in [-0.2, 0) is 11.8 Å². The molecule has 2 aromatic rings. The van der Waals surface area contributed by atoms with Crippen LogP contribution in [0.25, 0.3) is 0 Å². The second-order valence-corrected chi connectivity index (χ2v) is 6.45. The van der Waals surface area contributed by atoms with E-state index in [2.05, 4.69) is 10.4 Å². The van der Waals surface area contributed by atoms with E-state index in [4.69, 9.17) is 4.74 Å². The summed E-state index contributed by atoms with van der Waals surface area (Å²) in [7, 11) is 3.42. The van der Waals surface area contributed by atoms with Crippen LogP contribution in [0, 0.1) is 6.92 Å². The molecule has 2 heterocycles. The number of nitrogens with one attached hydrogen (secondary N) is 1. The lowest BCUT2D eigenvalue weighted by atomic mass is 10.0. The van der Waals surface area contributed by atoms with Gasteiger partial charge in [0.05, 0.1) is 25.5 Å². The molecule has 25 heavy (non-hydrogen) atoms. The molecule has 7 nitrogen and oxygen atoms in total. The maximum Gasteiger partial charge on any atom is 0.239 e. The van der Waals surface area contributed by atoms with Crippen molar-refractivity contribution in [3.8, 4) is 5.75 Å². The Morgan fingerprint density at radius 2 is 2.24 bits per heavy atom. The maximum absolute atomic E-state index is 12.4. The van der Waals surface area contributed by atoms with Gasteiger partial charge in [-0.05, 0) is 31.0 Å².